The Morgan fingerprint density at radius 3 is 2.32 bits per heavy atom. The van der Waals surface area contributed by atoms with Crippen molar-refractivity contribution in [2.45, 2.75) is 13.0 Å². The molecule has 2 aromatic carbocycles. The first kappa shape index (κ1) is 15.6. The van der Waals surface area contributed by atoms with Crippen LogP contribution in [0.1, 0.15) is 11.1 Å². The first-order valence-corrected chi connectivity index (χ1v) is 6.89. The van der Waals surface area contributed by atoms with Gasteiger partial charge in [-0.15, -0.1) is 0 Å². The zero-order valence-corrected chi connectivity index (χ0v) is 12.0. The highest BCUT2D eigenvalue weighted by molar-refractivity contribution is 5.78. The average molecular weight is 299 g/mol. The van der Waals surface area contributed by atoms with E-state index in [4.69, 9.17) is 9.84 Å². The minimum atomic E-state index is -1.24. The molecule has 0 saturated heterocycles. The Balaban J connectivity index is 1.85. The van der Waals surface area contributed by atoms with Crippen molar-refractivity contribution in [2.24, 2.45) is 0 Å². The van der Waals surface area contributed by atoms with Crippen LogP contribution in [0, 0.1) is 0 Å². The van der Waals surface area contributed by atoms with Gasteiger partial charge < -0.3 is 9.84 Å². The Hall–Kier alpha value is -2.82. The van der Waals surface area contributed by atoms with E-state index >= 15 is 0 Å². The zero-order chi connectivity index (χ0) is 15.8. The molecule has 2 aromatic rings. The van der Waals surface area contributed by atoms with E-state index in [2.05, 4.69) is 0 Å². The quantitative estimate of drug-likeness (QED) is 0.798. The van der Waals surface area contributed by atoms with Crippen molar-refractivity contribution < 1.29 is 19.4 Å². The third-order valence-electron chi connectivity index (χ3n) is 3.19. The molecule has 114 valence electrons. The van der Waals surface area contributed by atoms with E-state index in [-0.39, 0.29) is 6.54 Å². The number of amides is 2. The number of nitrogens with zero attached hydrogens (tertiary/aromatic N) is 1. The smallest absolute Gasteiger partial charge is 0.413 e. The molecule has 0 aliphatic heterocycles. The molecule has 0 atom stereocenters. The molecule has 22 heavy (non-hydrogen) atoms. The predicted octanol–water partition coefficient (Wildman–Crippen LogP) is 2.94. The minimum absolute atomic E-state index is 0.142. The second-order valence-corrected chi connectivity index (χ2v) is 4.75. The van der Waals surface area contributed by atoms with E-state index in [1.807, 2.05) is 54.6 Å². The van der Waals surface area contributed by atoms with Gasteiger partial charge in [0.05, 0.1) is 0 Å². The highest BCUT2D eigenvalue weighted by Crippen LogP contribution is 2.14. The lowest BCUT2D eigenvalue weighted by Crippen LogP contribution is -2.29. The highest BCUT2D eigenvalue weighted by Gasteiger charge is 2.09. The summed E-state index contributed by atoms with van der Waals surface area (Å²) in [5.41, 5.74) is 2.04. The van der Waals surface area contributed by atoms with Crippen molar-refractivity contribution >= 4 is 12.5 Å². The Labute approximate surface area is 128 Å². The van der Waals surface area contributed by atoms with Gasteiger partial charge in [-0.05, 0) is 29.7 Å². The van der Waals surface area contributed by atoms with Gasteiger partial charge in [-0.2, -0.15) is 0 Å². The Kier molecular flexibility index (Phi) is 5.54. The molecule has 0 aromatic heterocycles. The van der Waals surface area contributed by atoms with E-state index in [0.29, 0.717) is 19.4 Å². The van der Waals surface area contributed by atoms with Crippen LogP contribution in [0.4, 0.5) is 4.79 Å². The average Bonchev–Trinajstić information content (AvgIpc) is 2.55. The molecule has 0 bridgehead atoms. The number of rotatable bonds is 7. The Morgan fingerprint density at radius 2 is 1.73 bits per heavy atom. The van der Waals surface area contributed by atoms with Crippen LogP contribution in [0.2, 0.25) is 0 Å². The van der Waals surface area contributed by atoms with Gasteiger partial charge in [-0.25, -0.2) is 9.69 Å². The first-order valence-electron chi connectivity index (χ1n) is 6.89. The van der Waals surface area contributed by atoms with E-state index < -0.39 is 6.09 Å². The molecule has 2 amide bonds. The molecular weight excluding hydrogens is 282 g/mol. The van der Waals surface area contributed by atoms with E-state index in [9.17, 15) is 9.59 Å². The third-order valence-corrected chi connectivity index (χ3v) is 3.19. The summed E-state index contributed by atoms with van der Waals surface area (Å²) in [5, 5.41) is 8.75. The number of carbonyl (C=O) groups excluding carboxylic acids is 1. The van der Waals surface area contributed by atoms with Gasteiger partial charge in [0.1, 0.15) is 12.4 Å². The number of hydrogen-bond acceptors (Lipinski definition) is 3. The predicted molar refractivity (Wildman–Crippen MR) is 81.7 cm³/mol. The summed E-state index contributed by atoms with van der Waals surface area (Å²) in [6.45, 7) is 0.640. The third kappa shape index (κ3) is 4.63. The van der Waals surface area contributed by atoms with Crippen molar-refractivity contribution in [2.75, 3.05) is 6.54 Å². The topological polar surface area (TPSA) is 66.8 Å². The van der Waals surface area contributed by atoms with Crippen molar-refractivity contribution in [1.82, 2.24) is 4.90 Å². The fourth-order valence-electron chi connectivity index (χ4n) is 1.94. The summed E-state index contributed by atoms with van der Waals surface area (Å²) in [6.07, 6.45) is -0.443. The molecule has 2 rings (SSSR count). The van der Waals surface area contributed by atoms with Crippen molar-refractivity contribution in [3.8, 4) is 5.75 Å². The lowest BCUT2D eigenvalue weighted by molar-refractivity contribution is -0.116. The van der Waals surface area contributed by atoms with Gasteiger partial charge in [0.2, 0.25) is 6.41 Å². The molecule has 5 heteroatoms. The van der Waals surface area contributed by atoms with Crippen molar-refractivity contribution in [3.63, 3.8) is 0 Å². The summed E-state index contributed by atoms with van der Waals surface area (Å²) in [4.78, 5) is 22.0. The van der Waals surface area contributed by atoms with Gasteiger partial charge in [0.25, 0.3) is 0 Å². The standard InChI is InChI=1S/C17H17NO4/c19-13-18(17(20)21)11-10-14-6-8-16(9-7-14)22-12-15-4-2-1-3-5-15/h1-9,13H,10-12H2,(H,20,21). The van der Waals surface area contributed by atoms with Crippen LogP contribution in [0.15, 0.2) is 54.6 Å². The maximum absolute atomic E-state index is 10.7. The lowest BCUT2D eigenvalue weighted by atomic mass is 10.1. The van der Waals surface area contributed by atoms with Crippen LogP contribution in [0.3, 0.4) is 0 Å². The van der Waals surface area contributed by atoms with Gasteiger partial charge in [-0.3, -0.25) is 4.79 Å². The normalized spacial score (nSPS) is 10.0. The van der Waals surface area contributed by atoms with Gasteiger partial charge in [0, 0.05) is 6.54 Å². The summed E-state index contributed by atoms with van der Waals surface area (Å²) in [5.74, 6) is 0.748. The SMILES string of the molecule is O=CN(CCc1ccc(OCc2ccccc2)cc1)C(=O)O. The van der Waals surface area contributed by atoms with Crippen LogP contribution >= 0.6 is 0 Å². The number of ether oxygens (including phenoxy) is 1. The largest absolute Gasteiger partial charge is 0.489 e. The van der Waals surface area contributed by atoms with Crippen LogP contribution in [-0.4, -0.2) is 29.1 Å². The maximum Gasteiger partial charge on any atom is 0.413 e. The lowest BCUT2D eigenvalue weighted by Gasteiger charge is -2.11. The number of carboxylic acid groups (broad SMARTS) is 1. The van der Waals surface area contributed by atoms with E-state index in [1.165, 1.54) is 0 Å². The van der Waals surface area contributed by atoms with Gasteiger partial charge >= 0.3 is 6.09 Å². The minimum Gasteiger partial charge on any atom is -0.489 e. The summed E-state index contributed by atoms with van der Waals surface area (Å²) >= 11 is 0. The fourth-order valence-corrected chi connectivity index (χ4v) is 1.94. The van der Waals surface area contributed by atoms with Crippen LogP contribution in [-0.2, 0) is 17.8 Å². The Bertz CT molecular complexity index is 610. The molecule has 0 unspecified atom stereocenters. The number of imide groups is 1. The molecule has 0 fully saturated rings. The highest BCUT2D eigenvalue weighted by atomic mass is 16.5. The summed E-state index contributed by atoms with van der Waals surface area (Å²) in [7, 11) is 0. The van der Waals surface area contributed by atoms with Gasteiger partial charge in [0.15, 0.2) is 0 Å². The fraction of sp³-hybridized carbons (Fsp3) is 0.176. The molecule has 0 spiro atoms. The van der Waals surface area contributed by atoms with E-state index in [1.54, 1.807) is 0 Å². The first-order chi connectivity index (χ1) is 10.7. The maximum atomic E-state index is 10.7. The number of hydrogen-bond donors (Lipinski definition) is 1. The molecule has 0 saturated carbocycles. The summed E-state index contributed by atoms with van der Waals surface area (Å²) in [6, 6.07) is 17.3. The van der Waals surface area contributed by atoms with Gasteiger partial charge in [-0.1, -0.05) is 42.5 Å². The van der Waals surface area contributed by atoms with Crippen molar-refractivity contribution in [1.29, 1.82) is 0 Å². The number of carbonyl (C=O) groups is 2. The van der Waals surface area contributed by atoms with Crippen molar-refractivity contribution in [3.05, 3.63) is 65.7 Å². The second-order valence-electron chi connectivity index (χ2n) is 4.75. The molecule has 1 N–H and O–H groups in total. The molecule has 0 radical (unpaired) electrons. The monoisotopic (exact) mass is 299 g/mol. The number of benzene rings is 2. The molecule has 0 aliphatic carbocycles. The molecular formula is C17H17NO4. The van der Waals surface area contributed by atoms with Crippen LogP contribution in [0.5, 0.6) is 5.75 Å². The second kappa shape index (κ2) is 7.83. The van der Waals surface area contributed by atoms with Crippen LogP contribution in [0.25, 0.3) is 0 Å². The molecule has 5 nitrogen and oxygen atoms in total. The molecule has 0 heterocycles. The van der Waals surface area contributed by atoms with E-state index in [0.717, 1.165) is 21.8 Å². The summed E-state index contributed by atoms with van der Waals surface area (Å²) < 4.78 is 5.67. The zero-order valence-electron chi connectivity index (χ0n) is 12.0. The van der Waals surface area contributed by atoms with Crippen LogP contribution < -0.4 is 4.74 Å². The molecule has 0 aliphatic rings. The Morgan fingerprint density at radius 1 is 1.05 bits per heavy atom.